The van der Waals surface area contributed by atoms with Crippen molar-refractivity contribution < 1.29 is 4.74 Å². The molecule has 0 saturated heterocycles. The average Bonchev–Trinajstić information content (AvgIpc) is 2.35. The third kappa shape index (κ3) is 5.70. The Morgan fingerprint density at radius 1 is 1.30 bits per heavy atom. The minimum absolute atomic E-state index is 0.137. The largest absolute Gasteiger partial charge is 0.383 e. The lowest BCUT2D eigenvalue weighted by molar-refractivity contribution is 0.204. The van der Waals surface area contributed by atoms with Crippen molar-refractivity contribution in [3.05, 3.63) is 28.8 Å². The molecule has 1 aromatic rings. The van der Waals surface area contributed by atoms with Crippen LogP contribution in [0.15, 0.2) is 18.2 Å². The number of methoxy groups -OCH3 is 1. The normalized spacial score (nSPS) is 12.8. The third-order valence-electron chi connectivity index (χ3n) is 3.08. The van der Waals surface area contributed by atoms with Gasteiger partial charge < -0.3 is 15.4 Å². The molecule has 0 spiro atoms. The molecule has 3 nitrogen and oxygen atoms in total. The summed E-state index contributed by atoms with van der Waals surface area (Å²) in [6.07, 6.45) is 0.855. The molecule has 1 unspecified atom stereocenters. The number of nitrogens with zero attached hydrogens (tertiary/aromatic N) is 1. The lowest BCUT2D eigenvalue weighted by atomic mass is 10.0. The van der Waals surface area contributed by atoms with E-state index in [-0.39, 0.29) is 6.04 Å². The van der Waals surface area contributed by atoms with Gasteiger partial charge in [-0.15, -0.1) is 0 Å². The summed E-state index contributed by atoms with van der Waals surface area (Å²) < 4.78 is 5.23. The predicted octanol–water partition coefficient (Wildman–Crippen LogP) is 3.34. The highest BCUT2D eigenvalue weighted by molar-refractivity contribution is 6.30. The van der Waals surface area contributed by atoms with Crippen molar-refractivity contribution in [1.29, 1.82) is 0 Å². The fourth-order valence-corrected chi connectivity index (χ4v) is 2.47. The fraction of sp³-hybridized carbons (Fsp3) is 0.625. The molecular formula is C16H27ClN2O. The van der Waals surface area contributed by atoms with Crippen LogP contribution in [0.2, 0.25) is 5.02 Å². The molecule has 2 N–H and O–H groups in total. The van der Waals surface area contributed by atoms with Gasteiger partial charge in [0.15, 0.2) is 0 Å². The van der Waals surface area contributed by atoms with Gasteiger partial charge in [0.25, 0.3) is 0 Å². The summed E-state index contributed by atoms with van der Waals surface area (Å²) in [4.78, 5) is 2.34. The maximum atomic E-state index is 6.18. The van der Waals surface area contributed by atoms with Gasteiger partial charge in [0.2, 0.25) is 0 Å². The number of hydrogen-bond donors (Lipinski definition) is 1. The van der Waals surface area contributed by atoms with Crippen LogP contribution in [0.1, 0.15) is 26.3 Å². The van der Waals surface area contributed by atoms with E-state index in [4.69, 9.17) is 22.1 Å². The van der Waals surface area contributed by atoms with Crippen LogP contribution in [0.3, 0.4) is 0 Å². The van der Waals surface area contributed by atoms with Gasteiger partial charge in [-0.05, 0) is 37.0 Å². The van der Waals surface area contributed by atoms with Crippen molar-refractivity contribution in [1.82, 2.24) is 0 Å². The molecule has 0 radical (unpaired) electrons. The van der Waals surface area contributed by atoms with Crippen molar-refractivity contribution >= 4 is 17.3 Å². The molecule has 20 heavy (non-hydrogen) atoms. The summed E-state index contributed by atoms with van der Waals surface area (Å²) in [5.41, 5.74) is 8.39. The second-order valence-electron chi connectivity index (χ2n) is 5.79. The molecule has 0 aromatic heterocycles. The minimum Gasteiger partial charge on any atom is -0.383 e. The summed E-state index contributed by atoms with van der Waals surface area (Å²) in [6, 6.07) is 6.20. The van der Waals surface area contributed by atoms with Crippen LogP contribution in [0.4, 0.5) is 5.69 Å². The number of rotatable bonds is 8. The van der Waals surface area contributed by atoms with Crippen LogP contribution in [-0.4, -0.2) is 32.8 Å². The van der Waals surface area contributed by atoms with E-state index >= 15 is 0 Å². The summed E-state index contributed by atoms with van der Waals surface area (Å²) in [5, 5.41) is 0.764. The van der Waals surface area contributed by atoms with Crippen molar-refractivity contribution in [2.45, 2.75) is 33.2 Å². The third-order valence-corrected chi connectivity index (χ3v) is 3.32. The van der Waals surface area contributed by atoms with E-state index in [9.17, 15) is 0 Å². The first-order valence-electron chi connectivity index (χ1n) is 7.22. The van der Waals surface area contributed by atoms with Gasteiger partial charge in [-0.25, -0.2) is 0 Å². The number of halogens is 1. The van der Waals surface area contributed by atoms with E-state index in [1.165, 1.54) is 11.3 Å². The molecule has 4 heteroatoms. The van der Waals surface area contributed by atoms with Crippen molar-refractivity contribution in [2.24, 2.45) is 11.7 Å². The molecule has 0 fully saturated rings. The maximum absolute atomic E-state index is 6.18. The molecule has 1 aromatic carbocycles. The SMILES string of the molecule is COCCN(CC(C)C)c1cc(Cl)ccc1CC(C)N. The van der Waals surface area contributed by atoms with Gasteiger partial charge in [-0.1, -0.05) is 31.5 Å². The van der Waals surface area contributed by atoms with Crippen molar-refractivity contribution in [3.8, 4) is 0 Å². The van der Waals surface area contributed by atoms with Gasteiger partial charge in [-0.3, -0.25) is 0 Å². The monoisotopic (exact) mass is 298 g/mol. The molecule has 0 aliphatic rings. The van der Waals surface area contributed by atoms with Crippen LogP contribution >= 0.6 is 11.6 Å². The molecular weight excluding hydrogens is 272 g/mol. The molecule has 0 bridgehead atoms. The Bertz CT molecular complexity index is 407. The number of nitrogens with two attached hydrogens (primary N) is 1. The molecule has 0 amide bonds. The highest BCUT2D eigenvalue weighted by Gasteiger charge is 2.14. The van der Waals surface area contributed by atoms with E-state index in [2.05, 4.69) is 24.8 Å². The zero-order chi connectivity index (χ0) is 15.1. The zero-order valence-electron chi connectivity index (χ0n) is 13.0. The Balaban J connectivity index is 3.04. The average molecular weight is 299 g/mol. The molecule has 1 rings (SSSR count). The summed E-state index contributed by atoms with van der Waals surface area (Å²) in [6.45, 7) is 9.01. The second kappa shape index (κ2) is 8.50. The zero-order valence-corrected chi connectivity index (χ0v) is 13.8. The first-order chi connectivity index (χ1) is 9.43. The Hall–Kier alpha value is -0.770. The highest BCUT2D eigenvalue weighted by Crippen LogP contribution is 2.26. The minimum atomic E-state index is 0.137. The second-order valence-corrected chi connectivity index (χ2v) is 6.22. The number of hydrogen-bond acceptors (Lipinski definition) is 3. The van der Waals surface area contributed by atoms with E-state index < -0.39 is 0 Å². The maximum Gasteiger partial charge on any atom is 0.0637 e. The van der Waals surface area contributed by atoms with Crippen LogP contribution in [0.25, 0.3) is 0 Å². The Morgan fingerprint density at radius 2 is 2.00 bits per heavy atom. The van der Waals surface area contributed by atoms with Crippen LogP contribution < -0.4 is 10.6 Å². The van der Waals surface area contributed by atoms with Gasteiger partial charge in [0.05, 0.1) is 6.61 Å². The quantitative estimate of drug-likeness (QED) is 0.800. The van der Waals surface area contributed by atoms with E-state index in [0.717, 1.165) is 24.5 Å². The molecule has 0 aliphatic heterocycles. The molecule has 114 valence electrons. The van der Waals surface area contributed by atoms with Crippen LogP contribution in [-0.2, 0) is 11.2 Å². The summed E-state index contributed by atoms with van der Waals surface area (Å²) in [5.74, 6) is 0.578. The summed E-state index contributed by atoms with van der Waals surface area (Å²) >= 11 is 6.18. The number of ether oxygens (including phenoxy) is 1. The van der Waals surface area contributed by atoms with Gasteiger partial charge in [0.1, 0.15) is 0 Å². The van der Waals surface area contributed by atoms with Gasteiger partial charge >= 0.3 is 0 Å². The van der Waals surface area contributed by atoms with Crippen LogP contribution in [0, 0.1) is 5.92 Å². The Kier molecular flexibility index (Phi) is 7.35. The Morgan fingerprint density at radius 3 is 2.55 bits per heavy atom. The highest BCUT2D eigenvalue weighted by atomic mass is 35.5. The molecule has 1 atom stereocenters. The lowest BCUT2D eigenvalue weighted by Crippen LogP contribution is -2.32. The van der Waals surface area contributed by atoms with E-state index in [0.29, 0.717) is 12.5 Å². The first-order valence-corrected chi connectivity index (χ1v) is 7.59. The van der Waals surface area contributed by atoms with Gasteiger partial charge in [0, 0.05) is 37.0 Å². The number of benzene rings is 1. The first kappa shape index (κ1) is 17.3. The Labute approximate surface area is 128 Å². The molecule has 0 aliphatic carbocycles. The molecule has 0 heterocycles. The van der Waals surface area contributed by atoms with Crippen LogP contribution in [0.5, 0.6) is 0 Å². The van der Waals surface area contributed by atoms with E-state index in [1.54, 1.807) is 7.11 Å². The van der Waals surface area contributed by atoms with E-state index in [1.807, 2.05) is 19.1 Å². The smallest absolute Gasteiger partial charge is 0.0637 e. The van der Waals surface area contributed by atoms with Gasteiger partial charge in [-0.2, -0.15) is 0 Å². The summed E-state index contributed by atoms with van der Waals surface area (Å²) in [7, 11) is 1.73. The number of anilines is 1. The lowest BCUT2D eigenvalue weighted by Gasteiger charge is -2.29. The van der Waals surface area contributed by atoms with Crippen molar-refractivity contribution in [2.75, 3.05) is 31.7 Å². The molecule has 0 saturated carbocycles. The fourth-order valence-electron chi connectivity index (χ4n) is 2.30. The predicted molar refractivity (Wildman–Crippen MR) is 87.7 cm³/mol. The topological polar surface area (TPSA) is 38.5 Å². The standard InChI is InChI=1S/C16H27ClN2O/c1-12(2)11-19(7-8-20-4)16-10-15(17)6-5-14(16)9-13(3)18/h5-6,10,12-13H,7-9,11,18H2,1-4H3. The van der Waals surface area contributed by atoms with Crippen molar-refractivity contribution in [3.63, 3.8) is 0 Å².